The van der Waals surface area contributed by atoms with Gasteiger partial charge in [-0.1, -0.05) is 30.3 Å². The lowest BCUT2D eigenvalue weighted by molar-refractivity contribution is -0.0300. The predicted octanol–water partition coefficient (Wildman–Crippen LogP) is 2.45. The Morgan fingerprint density at radius 1 is 1.35 bits per heavy atom. The molecular formula is C15H16N2O2S. The molecule has 1 saturated carbocycles. The summed E-state index contributed by atoms with van der Waals surface area (Å²) in [6.45, 7) is 0.310. The summed E-state index contributed by atoms with van der Waals surface area (Å²) in [5, 5.41) is 15.3. The zero-order valence-corrected chi connectivity index (χ0v) is 11.8. The summed E-state index contributed by atoms with van der Waals surface area (Å²) in [6, 6.07) is 9.78. The van der Waals surface area contributed by atoms with Gasteiger partial charge in [0.1, 0.15) is 10.7 Å². The zero-order valence-electron chi connectivity index (χ0n) is 11.0. The van der Waals surface area contributed by atoms with Crippen LogP contribution < -0.4 is 5.32 Å². The second-order valence-corrected chi connectivity index (χ2v) is 6.02. The van der Waals surface area contributed by atoms with Gasteiger partial charge in [-0.3, -0.25) is 4.79 Å². The van der Waals surface area contributed by atoms with Gasteiger partial charge < -0.3 is 10.4 Å². The monoisotopic (exact) mass is 288 g/mol. The molecule has 1 aliphatic carbocycles. The van der Waals surface area contributed by atoms with E-state index in [0.717, 1.165) is 29.8 Å². The molecule has 1 fully saturated rings. The van der Waals surface area contributed by atoms with Gasteiger partial charge in [-0.05, 0) is 19.3 Å². The van der Waals surface area contributed by atoms with E-state index in [1.54, 1.807) is 5.38 Å². The van der Waals surface area contributed by atoms with E-state index >= 15 is 0 Å². The number of thiazole rings is 1. The normalized spacial score (nSPS) is 16.4. The average molecular weight is 288 g/mol. The van der Waals surface area contributed by atoms with Crippen molar-refractivity contribution < 1.29 is 9.90 Å². The van der Waals surface area contributed by atoms with E-state index < -0.39 is 5.60 Å². The third-order valence-corrected chi connectivity index (χ3v) is 4.51. The van der Waals surface area contributed by atoms with Crippen molar-refractivity contribution in [2.24, 2.45) is 0 Å². The molecule has 0 unspecified atom stereocenters. The van der Waals surface area contributed by atoms with Crippen LogP contribution in [0.2, 0.25) is 0 Å². The van der Waals surface area contributed by atoms with Crippen molar-refractivity contribution in [3.8, 4) is 10.6 Å². The first kappa shape index (κ1) is 13.3. The van der Waals surface area contributed by atoms with Gasteiger partial charge in [0.15, 0.2) is 0 Å². The topological polar surface area (TPSA) is 62.2 Å². The standard InChI is InChI=1S/C15H16N2O2S/c18-13(16-10-15(19)7-4-8-15)12-9-20-14(17-12)11-5-2-1-3-6-11/h1-3,5-6,9,19H,4,7-8,10H2,(H,16,18). The lowest BCUT2D eigenvalue weighted by Crippen LogP contribution is -2.47. The second kappa shape index (κ2) is 5.34. The molecule has 5 heteroatoms. The molecule has 1 aromatic carbocycles. The first-order chi connectivity index (χ1) is 9.66. The van der Waals surface area contributed by atoms with E-state index in [9.17, 15) is 9.90 Å². The van der Waals surface area contributed by atoms with Crippen LogP contribution in [0.3, 0.4) is 0 Å². The fourth-order valence-corrected chi connectivity index (χ4v) is 2.99. The highest BCUT2D eigenvalue weighted by molar-refractivity contribution is 7.13. The largest absolute Gasteiger partial charge is 0.388 e. The highest BCUT2D eigenvalue weighted by atomic mass is 32.1. The van der Waals surface area contributed by atoms with E-state index in [1.807, 2.05) is 30.3 Å². The summed E-state index contributed by atoms with van der Waals surface area (Å²) >= 11 is 1.45. The van der Waals surface area contributed by atoms with Gasteiger partial charge in [-0.2, -0.15) is 0 Å². The molecule has 2 N–H and O–H groups in total. The predicted molar refractivity (Wildman–Crippen MR) is 78.7 cm³/mol. The zero-order chi connectivity index (χ0) is 14.0. The minimum atomic E-state index is -0.700. The highest BCUT2D eigenvalue weighted by Crippen LogP contribution is 2.30. The first-order valence-corrected chi connectivity index (χ1v) is 7.56. The Hall–Kier alpha value is -1.72. The van der Waals surface area contributed by atoms with Crippen LogP contribution in [0.25, 0.3) is 10.6 Å². The van der Waals surface area contributed by atoms with Crippen LogP contribution in [0.5, 0.6) is 0 Å². The fraction of sp³-hybridized carbons (Fsp3) is 0.333. The summed E-state index contributed by atoms with van der Waals surface area (Å²) in [6.07, 6.45) is 2.56. The van der Waals surface area contributed by atoms with Crippen LogP contribution >= 0.6 is 11.3 Å². The number of aliphatic hydroxyl groups is 1. The Balaban J connectivity index is 1.66. The molecule has 1 heterocycles. The molecule has 4 nitrogen and oxygen atoms in total. The summed E-state index contributed by atoms with van der Waals surface area (Å²) in [4.78, 5) is 16.3. The van der Waals surface area contributed by atoms with E-state index in [-0.39, 0.29) is 5.91 Å². The van der Waals surface area contributed by atoms with E-state index in [0.29, 0.717) is 12.2 Å². The fourth-order valence-electron chi connectivity index (χ4n) is 2.19. The maximum atomic E-state index is 12.0. The van der Waals surface area contributed by atoms with E-state index in [2.05, 4.69) is 10.3 Å². The third kappa shape index (κ3) is 2.73. The molecule has 0 spiro atoms. The summed E-state index contributed by atoms with van der Waals surface area (Å²) in [5.74, 6) is -0.219. The molecule has 0 saturated heterocycles. The van der Waals surface area contributed by atoms with Crippen LogP contribution in [0.4, 0.5) is 0 Å². The number of nitrogens with one attached hydrogen (secondary N) is 1. The maximum Gasteiger partial charge on any atom is 0.270 e. The second-order valence-electron chi connectivity index (χ2n) is 5.16. The molecule has 0 radical (unpaired) electrons. The van der Waals surface area contributed by atoms with E-state index in [1.165, 1.54) is 11.3 Å². The van der Waals surface area contributed by atoms with Gasteiger partial charge in [-0.15, -0.1) is 11.3 Å². The highest BCUT2D eigenvalue weighted by Gasteiger charge is 2.34. The number of amides is 1. The molecule has 1 amide bonds. The van der Waals surface area contributed by atoms with Gasteiger partial charge in [0.05, 0.1) is 5.60 Å². The Labute approximate surface area is 121 Å². The molecule has 1 aliphatic rings. The van der Waals surface area contributed by atoms with Crippen molar-refractivity contribution in [1.29, 1.82) is 0 Å². The lowest BCUT2D eigenvalue weighted by Gasteiger charge is -2.36. The van der Waals surface area contributed by atoms with Gasteiger partial charge in [0, 0.05) is 17.5 Å². The number of carbonyl (C=O) groups excluding carboxylic acids is 1. The molecule has 0 aliphatic heterocycles. The number of rotatable bonds is 4. The van der Waals surface area contributed by atoms with Gasteiger partial charge in [0.2, 0.25) is 0 Å². The number of nitrogens with zero attached hydrogens (tertiary/aromatic N) is 1. The van der Waals surface area contributed by atoms with Gasteiger partial charge in [0.25, 0.3) is 5.91 Å². The van der Waals surface area contributed by atoms with Crippen LogP contribution in [0, 0.1) is 0 Å². The van der Waals surface area contributed by atoms with Gasteiger partial charge >= 0.3 is 0 Å². The van der Waals surface area contributed by atoms with E-state index in [4.69, 9.17) is 0 Å². The van der Waals surface area contributed by atoms with Crippen LogP contribution in [0.1, 0.15) is 29.8 Å². The molecule has 20 heavy (non-hydrogen) atoms. The maximum absolute atomic E-state index is 12.0. The molecule has 0 bridgehead atoms. The van der Waals surface area contributed by atoms with Crippen LogP contribution in [0.15, 0.2) is 35.7 Å². The first-order valence-electron chi connectivity index (χ1n) is 6.68. The SMILES string of the molecule is O=C(NCC1(O)CCC1)c1csc(-c2ccccc2)n1. The smallest absolute Gasteiger partial charge is 0.270 e. The van der Waals surface area contributed by atoms with Crippen molar-refractivity contribution in [2.45, 2.75) is 24.9 Å². The minimum absolute atomic E-state index is 0.219. The van der Waals surface area contributed by atoms with Crippen molar-refractivity contribution >= 4 is 17.2 Å². The number of carbonyl (C=O) groups is 1. The molecule has 3 rings (SSSR count). The van der Waals surface area contributed by atoms with Crippen LogP contribution in [-0.2, 0) is 0 Å². The van der Waals surface area contributed by atoms with Crippen molar-refractivity contribution in [2.75, 3.05) is 6.54 Å². The molecule has 2 aromatic rings. The van der Waals surface area contributed by atoms with Crippen molar-refractivity contribution in [3.05, 3.63) is 41.4 Å². The Bertz CT molecular complexity index is 605. The Morgan fingerprint density at radius 3 is 2.75 bits per heavy atom. The quantitative estimate of drug-likeness (QED) is 0.908. The summed E-state index contributed by atoms with van der Waals surface area (Å²) < 4.78 is 0. The van der Waals surface area contributed by atoms with Crippen LogP contribution in [-0.4, -0.2) is 28.1 Å². The average Bonchev–Trinajstić information content (AvgIpc) is 2.93. The lowest BCUT2D eigenvalue weighted by atomic mass is 9.80. The number of hydrogen-bond acceptors (Lipinski definition) is 4. The number of benzene rings is 1. The Morgan fingerprint density at radius 2 is 2.10 bits per heavy atom. The summed E-state index contributed by atoms with van der Waals surface area (Å²) in [7, 11) is 0. The molecule has 104 valence electrons. The molecule has 0 atom stereocenters. The summed E-state index contributed by atoms with van der Waals surface area (Å²) in [5.41, 5.74) is 0.722. The molecular weight excluding hydrogens is 272 g/mol. The van der Waals surface area contributed by atoms with Crippen molar-refractivity contribution in [3.63, 3.8) is 0 Å². The number of aromatic nitrogens is 1. The third-order valence-electron chi connectivity index (χ3n) is 3.62. The van der Waals surface area contributed by atoms with Gasteiger partial charge in [-0.25, -0.2) is 4.98 Å². The molecule has 1 aromatic heterocycles. The minimum Gasteiger partial charge on any atom is -0.388 e. The number of hydrogen-bond donors (Lipinski definition) is 2. The Kier molecular flexibility index (Phi) is 3.54. The van der Waals surface area contributed by atoms with Crippen molar-refractivity contribution in [1.82, 2.24) is 10.3 Å².